The zero-order valence-electron chi connectivity index (χ0n) is 16.4. The lowest BCUT2D eigenvalue weighted by atomic mass is 10.2. The largest absolute Gasteiger partial charge is 0.495 e. The van der Waals surface area contributed by atoms with Gasteiger partial charge in [-0.05, 0) is 30.3 Å². The fraction of sp³-hybridized carbons (Fsp3) is 0.217. The number of carbonyl (C=O) groups excluding carboxylic acids is 1. The summed E-state index contributed by atoms with van der Waals surface area (Å²) in [7, 11) is 1.63. The second kappa shape index (κ2) is 8.65. The topological polar surface area (TPSA) is 57.7 Å². The molecule has 0 aliphatic carbocycles. The second-order valence-electron chi connectivity index (χ2n) is 6.90. The van der Waals surface area contributed by atoms with Crippen molar-refractivity contribution in [2.24, 2.45) is 0 Å². The van der Waals surface area contributed by atoms with Crippen LogP contribution in [-0.4, -0.2) is 49.1 Å². The molecule has 1 aliphatic rings. The molecule has 0 bridgehead atoms. The number of para-hydroxylation sites is 3. The molecule has 4 rings (SSSR count). The number of pyridine rings is 1. The lowest BCUT2D eigenvalue weighted by molar-refractivity contribution is 0.0746. The van der Waals surface area contributed by atoms with E-state index in [-0.39, 0.29) is 5.91 Å². The number of aromatic nitrogens is 1. The minimum atomic E-state index is 0.00823. The Balaban J connectivity index is 1.43. The quantitative estimate of drug-likeness (QED) is 0.721. The van der Waals surface area contributed by atoms with Crippen LogP contribution >= 0.6 is 0 Å². The van der Waals surface area contributed by atoms with Crippen LogP contribution in [0.25, 0.3) is 0 Å². The van der Waals surface area contributed by atoms with E-state index in [0.29, 0.717) is 18.7 Å². The maximum Gasteiger partial charge on any atom is 0.255 e. The predicted molar refractivity (Wildman–Crippen MR) is 115 cm³/mol. The highest BCUT2D eigenvalue weighted by Gasteiger charge is 2.22. The maximum atomic E-state index is 13.0. The lowest BCUT2D eigenvalue weighted by Crippen LogP contribution is -2.48. The highest BCUT2D eigenvalue weighted by molar-refractivity contribution is 5.95. The monoisotopic (exact) mass is 388 g/mol. The fourth-order valence-electron chi connectivity index (χ4n) is 3.52. The third-order valence-corrected chi connectivity index (χ3v) is 5.06. The molecule has 0 saturated carbocycles. The summed E-state index contributed by atoms with van der Waals surface area (Å²) >= 11 is 0. The molecule has 0 spiro atoms. The number of nitrogens with zero attached hydrogens (tertiary/aromatic N) is 3. The van der Waals surface area contributed by atoms with Crippen LogP contribution in [0.15, 0.2) is 73.1 Å². The number of ether oxygens (including phenoxy) is 1. The van der Waals surface area contributed by atoms with E-state index in [4.69, 9.17) is 4.74 Å². The van der Waals surface area contributed by atoms with Gasteiger partial charge in [0.1, 0.15) is 5.75 Å². The zero-order valence-corrected chi connectivity index (χ0v) is 16.4. The van der Waals surface area contributed by atoms with Crippen LogP contribution in [0, 0.1) is 0 Å². The number of hydrogen-bond acceptors (Lipinski definition) is 5. The molecule has 2 aromatic carbocycles. The van der Waals surface area contributed by atoms with Gasteiger partial charge in [0, 0.05) is 38.1 Å². The van der Waals surface area contributed by atoms with Gasteiger partial charge in [0.05, 0.1) is 30.2 Å². The smallest absolute Gasteiger partial charge is 0.255 e. The van der Waals surface area contributed by atoms with Gasteiger partial charge in [-0.2, -0.15) is 0 Å². The molecule has 148 valence electrons. The first-order valence-corrected chi connectivity index (χ1v) is 9.69. The Bertz CT molecular complexity index is 969. The standard InChI is InChI=1S/C23H24N4O2/c1-29-22-10-6-5-9-21(22)25-19-15-18(16-24-17-19)23(28)27-13-11-26(12-14-27)20-7-3-2-4-8-20/h2-10,15-17,25H,11-14H2,1H3. The maximum absolute atomic E-state index is 13.0. The van der Waals surface area contributed by atoms with Crippen molar-refractivity contribution in [2.45, 2.75) is 0 Å². The highest BCUT2D eigenvalue weighted by Crippen LogP contribution is 2.27. The molecule has 29 heavy (non-hydrogen) atoms. The van der Waals surface area contributed by atoms with Gasteiger partial charge < -0.3 is 19.9 Å². The summed E-state index contributed by atoms with van der Waals surface area (Å²) in [5.41, 5.74) is 3.36. The second-order valence-corrected chi connectivity index (χ2v) is 6.90. The Morgan fingerprint density at radius 3 is 2.45 bits per heavy atom. The zero-order chi connectivity index (χ0) is 20.1. The number of rotatable bonds is 5. The number of methoxy groups -OCH3 is 1. The Labute approximate surface area is 170 Å². The van der Waals surface area contributed by atoms with Gasteiger partial charge in [-0.3, -0.25) is 9.78 Å². The van der Waals surface area contributed by atoms with Gasteiger partial charge in [-0.1, -0.05) is 30.3 Å². The molecular formula is C23H24N4O2. The van der Waals surface area contributed by atoms with Gasteiger partial charge in [0.15, 0.2) is 0 Å². The van der Waals surface area contributed by atoms with Crippen molar-refractivity contribution in [2.75, 3.05) is 43.5 Å². The van der Waals surface area contributed by atoms with Crippen molar-refractivity contribution in [1.82, 2.24) is 9.88 Å². The molecular weight excluding hydrogens is 364 g/mol. The minimum Gasteiger partial charge on any atom is -0.495 e. The van der Waals surface area contributed by atoms with Crippen molar-refractivity contribution in [3.8, 4) is 5.75 Å². The number of carbonyl (C=O) groups is 1. The summed E-state index contributed by atoms with van der Waals surface area (Å²) in [5.74, 6) is 0.746. The summed E-state index contributed by atoms with van der Waals surface area (Å²) in [5, 5.41) is 3.28. The van der Waals surface area contributed by atoms with Crippen molar-refractivity contribution < 1.29 is 9.53 Å². The van der Waals surface area contributed by atoms with Gasteiger partial charge in [-0.25, -0.2) is 0 Å². The first-order chi connectivity index (χ1) is 14.2. The predicted octanol–water partition coefficient (Wildman–Crippen LogP) is 3.80. The SMILES string of the molecule is COc1ccccc1Nc1cncc(C(=O)N2CCN(c3ccccc3)CC2)c1. The molecule has 1 aromatic heterocycles. The molecule has 2 heterocycles. The summed E-state index contributed by atoms with van der Waals surface area (Å²) in [4.78, 5) is 21.4. The fourth-order valence-corrected chi connectivity index (χ4v) is 3.52. The summed E-state index contributed by atoms with van der Waals surface area (Å²) in [6.07, 6.45) is 3.33. The summed E-state index contributed by atoms with van der Waals surface area (Å²) in [6, 6.07) is 19.8. The van der Waals surface area contributed by atoms with Crippen molar-refractivity contribution in [3.63, 3.8) is 0 Å². The number of anilines is 3. The Hall–Kier alpha value is -3.54. The molecule has 0 atom stereocenters. The van der Waals surface area contributed by atoms with E-state index in [1.807, 2.05) is 53.4 Å². The lowest BCUT2D eigenvalue weighted by Gasteiger charge is -2.36. The number of nitrogens with one attached hydrogen (secondary N) is 1. The molecule has 0 radical (unpaired) electrons. The molecule has 1 N–H and O–H groups in total. The molecule has 1 saturated heterocycles. The first kappa shape index (κ1) is 18.8. The molecule has 0 unspecified atom stereocenters. The summed E-state index contributed by atoms with van der Waals surface area (Å²) in [6.45, 7) is 3.03. The number of hydrogen-bond donors (Lipinski definition) is 1. The number of benzene rings is 2. The van der Waals surface area contributed by atoms with E-state index in [0.717, 1.165) is 30.2 Å². The van der Waals surface area contributed by atoms with E-state index >= 15 is 0 Å². The van der Waals surface area contributed by atoms with Crippen LogP contribution in [0.1, 0.15) is 10.4 Å². The van der Waals surface area contributed by atoms with Crippen molar-refractivity contribution in [3.05, 3.63) is 78.6 Å². The molecule has 3 aromatic rings. The molecule has 6 heteroatoms. The number of piperazine rings is 1. The first-order valence-electron chi connectivity index (χ1n) is 9.69. The van der Waals surface area contributed by atoms with Crippen molar-refractivity contribution >= 4 is 23.0 Å². The summed E-state index contributed by atoms with van der Waals surface area (Å²) < 4.78 is 5.37. The van der Waals surface area contributed by atoms with Crippen LogP contribution < -0.4 is 15.0 Å². The van der Waals surface area contributed by atoms with Crippen LogP contribution in [0.4, 0.5) is 17.1 Å². The van der Waals surface area contributed by atoms with Gasteiger partial charge >= 0.3 is 0 Å². The molecule has 1 amide bonds. The van der Waals surface area contributed by atoms with Crippen molar-refractivity contribution in [1.29, 1.82) is 0 Å². The van der Waals surface area contributed by atoms with Gasteiger partial charge in [-0.15, -0.1) is 0 Å². The Morgan fingerprint density at radius 2 is 1.69 bits per heavy atom. The average Bonchev–Trinajstić information content (AvgIpc) is 2.80. The minimum absolute atomic E-state index is 0.00823. The van der Waals surface area contributed by atoms with Gasteiger partial charge in [0.25, 0.3) is 5.91 Å². The van der Waals surface area contributed by atoms with E-state index in [1.165, 1.54) is 5.69 Å². The van der Waals surface area contributed by atoms with Gasteiger partial charge in [0.2, 0.25) is 0 Å². The molecule has 1 fully saturated rings. The number of amides is 1. The third kappa shape index (κ3) is 4.32. The molecule has 1 aliphatic heterocycles. The van der Waals surface area contributed by atoms with Crippen LogP contribution in [0.5, 0.6) is 5.75 Å². The van der Waals surface area contributed by atoms with Crippen LogP contribution in [-0.2, 0) is 0 Å². The Morgan fingerprint density at radius 1 is 0.966 bits per heavy atom. The average molecular weight is 388 g/mol. The van der Waals surface area contributed by atoms with E-state index in [2.05, 4.69) is 27.3 Å². The normalized spacial score (nSPS) is 13.8. The highest BCUT2D eigenvalue weighted by atomic mass is 16.5. The third-order valence-electron chi connectivity index (χ3n) is 5.06. The Kier molecular flexibility index (Phi) is 5.61. The van der Waals surface area contributed by atoms with Crippen LogP contribution in [0.3, 0.4) is 0 Å². The molecule has 6 nitrogen and oxygen atoms in total. The van der Waals surface area contributed by atoms with E-state index in [1.54, 1.807) is 19.5 Å². The van der Waals surface area contributed by atoms with Crippen LogP contribution in [0.2, 0.25) is 0 Å². The van der Waals surface area contributed by atoms with E-state index < -0.39 is 0 Å². The van der Waals surface area contributed by atoms with E-state index in [9.17, 15) is 4.79 Å².